The zero-order valence-electron chi connectivity index (χ0n) is 17.2. The van der Waals surface area contributed by atoms with Crippen LogP contribution in [0.15, 0.2) is 48.5 Å². The lowest BCUT2D eigenvalue weighted by molar-refractivity contribution is -0.385. The van der Waals surface area contributed by atoms with Crippen LogP contribution in [0.1, 0.15) is 16.8 Å². The molecule has 1 N–H and O–H groups in total. The van der Waals surface area contributed by atoms with Gasteiger partial charge in [0, 0.05) is 11.4 Å². The Morgan fingerprint density at radius 3 is 2.55 bits per heavy atom. The molecule has 9 heteroatoms. The number of amides is 1. The molecule has 2 aromatic carbocycles. The van der Waals surface area contributed by atoms with Crippen molar-refractivity contribution in [2.24, 2.45) is 0 Å². The largest absolute Gasteiger partial charge is 0.496 e. The van der Waals surface area contributed by atoms with Crippen LogP contribution in [0.2, 0.25) is 0 Å². The van der Waals surface area contributed by atoms with Crippen LogP contribution in [0.3, 0.4) is 0 Å². The van der Waals surface area contributed by atoms with Crippen molar-refractivity contribution >= 4 is 17.4 Å². The first-order valence-corrected chi connectivity index (χ1v) is 9.29. The van der Waals surface area contributed by atoms with Crippen LogP contribution in [0, 0.1) is 35.3 Å². The monoisotopic (exact) mass is 420 g/mol. The quantitative estimate of drug-likeness (QED) is 0.457. The molecule has 0 atom stereocenters. The first kappa shape index (κ1) is 21.4. The number of nitro groups is 1. The fourth-order valence-electron chi connectivity index (χ4n) is 3.16. The van der Waals surface area contributed by atoms with Gasteiger partial charge >= 0.3 is 5.69 Å². The number of hydrogen-bond donors (Lipinski definition) is 1. The minimum atomic E-state index is -0.614. The molecular weight excluding hydrogens is 400 g/mol. The van der Waals surface area contributed by atoms with E-state index in [4.69, 9.17) is 9.47 Å². The molecular formula is C22H20N4O5. The fraction of sp³-hybridized carbons (Fsp3) is 0.182. The highest BCUT2D eigenvalue weighted by Crippen LogP contribution is 2.32. The van der Waals surface area contributed by atoms with E-state index in [0.717, 1.165) is 16.9 Å². The Balaban J connectivity index is 1.86. The van der Waals surface area contributed by atoms with Crippen LogP contribution in [0.4, 0.5) is 11.5 Å². The molecule has 9 nitrogen and oxygen atoms in total. The summed E-state index contributed by atoms with van der Waals surface area (Å²) in [5.41, 5.74) is 2.36. The van der Waals surface area contributed by atoms with Gasteiger partial charge in [-0.25, -0.2) is 0 Å². The summed E-state index contributed by atoms with van der Waals surface area (Å²) >= 11 is 0. The molecule has 1 aromatic heterocycles. The molecule has 0 radical (unpaired) electrons. The number of carbonyl (C=O) groups excluding carboxylic acids is 1. The maximum Gasteiger partial charge on any atom is 0.314 e. The molecule has 0 aliphatic carbocycles. The van der Waals surface area contributed by atoms with E-state index in [2.05, 4.69) is 11.4 Å². The summed E-state index contributed by atoms with van der Waals surface area (Å²) in [6.45, 7) is 3.19. The topological polar surface area (TPSA) is 119 Å². The van der Waals surface area contributed by atoms with Crippen molar-refractivity contribution in [3.63, 3.8) is 0 Å². The van der Waals surface area contributed by atoms with Gasteiger partial charge in [0.2, 0.25) is 0 Å². The van der Waals surface area contributed by atoms with Gasteiger partial charge < -0.3 is 14.8 Å². The Hall–Kier alpha value is -4.32. The van der Waals surface area contributed by atoms with E-state index in [1.54, 1.807) is 11.5 Å². The molecule has 0 fully saturated rings. The second-order valence-corrected chi connectivity index (χ2v) is 6.64. The number of ether oxygens (including phenoxy) is 2. The number of aromatic nitrogens is 1. The SMILES string of the molecule is COc1ccc(OCC(=O)Nc2c(C#N)c(C)c(C)n2-c2ccccc2)c([N+](=O)[O-])c1. The van der Waals surface area contributed by atoms with E-state index in [1.807, 2.05) is 37.3 Å². The second kappa shape index (κ2) is 9.00. The van der Waals surface area contributed by atoms with Crippen LogP contribution in [0.5, 0.6) is 11.5 Å². The van der Waals surface area contributed by atoms with Crippen molar-refractivity contribution in [1.82, 2.24) is 4.57 Å². The maximum absolute atomic E-state index is 12.6. The molecule has 1 heterocycles. The molecule has 3 aromatic rings. The first-order valence-electron chi connectivity index (χ1n) is 9.29. The molecule has 0 spiro atoms. The van der Waals surface area contributed by atoms with E-state index >= 15 is 0 Å². The fourth-order valence-corrected chi connectivity index (χ4v) is 3.16. The number of carbonyl (C=O) groups is 1. The number of anilines is 1. The third kappa shape index (κ3) is 4.33. The third-order valence-electron chi connectivity index (χ3n) is 4.82. The highest BCUT2D eigenvalue weighted by Gasteiger charge is 2.22. The summed E-state index contributed by atoms with van der Waals surface area (Å²) in [6, 6.07) is 15.5. The number of nitrogens with zero attached hydrogens (tertiary/aromatic N) is 3. The molecule has 31 heavy (non-hydrogen) atoms. The molecule has 158 valence electrons. The maximum atomic E-state index is 12.6. The van der Waals surface area contributed by atoms with Crippen molar-refractivity contribution in [3.8, 4) is 23.3 Å². The van der Waals surface area contributed by atoms with Crippen molar-refractivity contribution in [3.05, 3.63) is 75.5 Å². The minimum Gasteiger partial charge on any atom is -0.496 e. The van der Waals surface area contributed by atoms with Crippen molar-refractivity contribution in [2.75, 3.05) is 19.0 Å². The van der Waals surface area contributed by atoms with Crippen LogP contribution in [0.25, 0.3) is 5.69 Å². The summed E-state index contributed by atoms with van der Waals surface area (Å²) in [6.07, 6.45) is 0. The zero-order chi connectivity index (χ0) is 22.5. The Labute approximate surface area is 178 Å². The van der Waals surface area contributed by atoms with Gasteiger partial charge in [-0.3, -0.25) is 19.5 Å². The van der Waals surface area contributed by atoms with E-state index in [9.17, 15) is 20.2 Å². The van der Waals surface area contributed by atoms with Crippen LogP contribution >= 0.6 is 0 Å². The number of rotatable bonds is 7. The van der Waals surface area contributed by atoms with Gasteiger partial charge in [0.05, 0.1) is 23.7 Å². The molecule has 0 aliphatic heterocycles. The summed E-state index contributed by atoms with van der Waals surface area (Å²) in [4.78, 5) is 23.3. The summed E-state index contributed by atoms with van der Waals surface area (Å²) in [5, 5.41) is 23.6. The highest BCUT2D eigenvalue weighted by molar-refractivity contribution is 5.93. The van der Waals surface area contributed by atoms with Crippen LogP contribution in [-0.4, -0.2) is 29.1 Å². The first-order chi connectivity index (χ1) is 14.9. The number of hydrogen-bond acceptors (Lipinski definition) is 6. The number of nitro benzene ring substituents is 1. The van der Waals surface area contributed by atoms with Gasteiger partial charge in [-0.2, -0.15) is 5.26 Å². The lowest BCUT2D eigenvalue weighted by Gasteiger charge is -2.13. The predicted octanol–water partition coefficient (Wildman–Crippen LogP) is 3.90. The molecule has 0 unspecified atom stereocenters. The van der Waals surface area contributed by atoms with E-state index < -0.39 is 17.4 Å². The van der Waals surface area contributed by atoms with Crippen LogP contribution in [-0.2, 0) is 4.79 Å². The van der Waals surface area contributed by atoms with Crippen LogP contribution < -0.4 is 14.8 Å². The number of nitriles is 1. The molecule has 3 rings (SSSR count). The van der Waals surface area contributed by atoms with Gasteiger partial charge in [0.25, 0.3) is 5.91 Å². The minimum absolute atomic E-state index is 0.0627. The van der Waals surface area contributed by atoms with Gasteiger partial charge in [0.1, 0.15) is 17.6 Å². The average molecular weight is 420 g/mol. The Bertz CT molecular complexity index is 1180. The predicted molar refractivity (Wildman–Crippen MR) is 114 cm³/mol. The van der Waals surface area contributed by atoms with Crippen molar-refractivity contribution in [2.45, 2.75) is 13.8 Å². The van der Waals surface area contributed by atoms with E-state index in [-0.39, 0.29) is 11.4 Å². The van der Waals surface area contributed by atoms with Gasteiger partial charge in [-0.1, -0.05) is 18.2 Å². The molecule has 1 amide bonds. The Morgan fingerprint density at radius 1 is 1.23 bits per heavy atom. The van der Waals surface area contributed by atoms with Gasteiger partial charge in [-0.15, -0.1) is 0 Å². The Kier molecular flexibility index (Phi) is 6.21. The third-order valence-corrected chi connectivity index (χ3v) is 4.82. The zero-order valence-corrected chi connectivity index (χ0v) is 17.2. The average Bonchev–Trinajstić information content (AvgIpc) is 3.01. The molecule has 0 saturated carbocycles. The number of methoxy groups -OCH3 is 1. The highest BCUT2D eigenvalue weighted by atomic mass is 16.6. The summed E-state index contributed by atoms with van der Waals surface area (Å²) in [5.74, 6) is -0.00103. The van der Waals surface area contributed by atoms with Crippen molar-refractivity contribution < 1.29 is 19.2 Å². The normalized spacial score (nSPS) is 10.3. The smallest absolute Gasteiger partial charge is 0.314 e. The van der Waals surface area contributed by atoms with E-state index in [1.165, 1.54) is 25.3 Å². The van der Waals surface area contributed by atoms with E-state index in [0.29, 0.717) is 17.1 Å². The lowest BCUT2D eigenvalue weighted by Crippen LogP contribution is -2.22. The summed E-state index contributed by atoms with van der Waals surface area (Å²) in [7, 11) is 1.39. The summed E-state index contributed by atoms with van der Waals surface area (Å²) < 4.78 is 12.2. The molecule has 0 saturated heterocycles. The van der Waals surface area contributed by atoms with Gasteiger partial charge in [-0.05, 0) is 43.7 Å². The lowest BCUT2D eigenvalue weighted by atomic mass is 10.2. The molecule has 0 aliphatic rings. The number of para-hydroxylation sites is 1. The number of benzene rings is 2. The Morgan fingerprint density at radius 2 is 1.94 bits per heavy atom. The van der Waals surface area contributed by atoms with Gasteiger partial charge in [0.15, 0.2) is 12.4 Å². The second-order valence-electron chi connectivity index (χ2n) is 6.64. The van der Waals surface area contributed by atoms with Crippen molar-refractivity contribution in [1.29, 1.82) is 5.26 Å². The number of nitrogens with one attached hydrogen (secondary N) is 1. The standard InChI is InChI=1S/C22H20N4O5/c1-14-15(2)25(16-7-5-4-6-8-16)22(18(14)12-23)24-21(27)13-31-20-10-9-17(30-3)11-19(20)26(28)29/h4-11H,13H2,1-3H3,(H,24,27). The molecule has 0 bridgehead atoms.